The fraction of sp³-hybridized carbons (Fsp3) is 0.500. The van der Waals surface area contributed by atoms with E-state index < -0.39 is 41.0 Å². The molecule has 0 radical (unpaired) electrons. The molecule has 1 heterocycles. The molecule has 2 rings (SSSR count). The van der Waals surface area contributed by atoms with Crippen LogP contribution < -0.4 is 5.32 Å². The predicted octanol–water partition coefficient (Wildman–Crippen LogP) is 1.32. The first-order valence-electron chi connectivity index (χ1n) is 8.74. The van der Waals surface area contributed by atoms with E-state index in [0.717, 1.165) is 12.8 Å². The summed E-state index contributed by atoms with van der Waals surface area (Å²) in [6, 6.07) is 5.66. The van der Waals surface area contributed by atoms with Gasteiger partial charge in [-0.2, -0.15) is 0 Å². The number of rotatable bonds is 8. The largest absolute Gasteiger partial charge is 0.454 e. The molecule has 1 N–H and O–H groups in total. The van der Waals surface area contributed by atoms with Crippen molar-refractivity contribution in [3.8, 4) is 0 Å². The van der Waals surface area contributed by atoms with Crippen molar-refractivity contribution in [1.82, 2.24) is 9.62 Å². The molecule has 1 aromatic rings. The first kappa shape index (κ1) is 20.9. The monoisotopic (exact) mass is 396 g/mol. The Labute approximate surface area is 158 Å². The summed E-state index contributed by atoms with van der Waals surface area (Å²) in [5.41, 5.74) is 0.0158. The standard InChI is InChI=1S/C18H24N2O6S/c1-12(2)8-9-13(3)19-16(21)11-26-17(22)10-20-18(23)14-6-4-5-7-15(14)27(20,24)25/h4-7,12-13H,8-11H2,1-3H3,(H,19,21). The zero-order valence-electron chi connectivity index (χ0n) is 15.6. The number of nitrogens with zero attached hydrogens (tertiary/aromatic N) is 1. The fourth-order valence-corrected chi connectivity index (χ4v) is 4.18. The van der Waals surface area contributed by atoms with Crippen molar-refractivity contribution < 1.29 is 27.5 Å². The highest BCUT2D eigenvalue weighted by Crippen LogP contribution is 2.29. The molecule has 0 saturated carbocycles. The molecule has 2 amide bonds. The summed E-state index contributed by atoms with van der Waals surface area (Å²) < 4.78 is 30.0. The van der Waals surface area contributed by atoms with Gasteiger partial charge < -0.3 is 10.1 Å². The number of hydrogen-bond acceptors (Lipinski definition) is 6. The number of benzene rings is 1. The second-order valence-corrected chi connectivity index (χ2v) is 8.74. The van der Waals surface area contributed by atoms with Gasteiger partial charge in [-0.25, -0.2) is 12.7 Å². The average molecular weight is 396 g/mol. The number of sulfonamides is 1. The van der Waals surface area contributed by atoms with Crippen molar-refractivity contribution >= 4 is 27.8 Å². The minimum atomic E-state index is -4.08. The van der Waals surface area contributed by atoms with Crippen LogP contribution in [-0.4, -0.2) is 49.7 Å². The zero-order valence-corrected chi connectivity index (χ0v) is 16.4. The highest BCUT2D eigenvalue weighted by atomic mass is 32.2. The Hall–Kier alpha value is -2.42. The van der Waals surface area contributed by atoms with Gasteiger partial charge >= 0.3 is 5.97 Å². The Balaban J connectivity index is 1.86. The molecule has 0 fully saturated rings. The maximum absolute atomic E-state index is 12.4. The SMILES string of the molecule is CC(C)CCC(C)NC(=O)COC(=O)CN1C(=O)c2ccccc2S1(=O)=O. The molecule has 148 valence electrons. The van der Waals surface area contributed by atoms with Gasteiger partial charge in [0.15, 0.2) is 6.61 Å². The molecular weight excluding hydrogens is 372 g/mol. The molecule has 1 aromatic carbocycles. The summed E-state index contributed by atoms with van der Waals surface area (Å²) >= 11 is 0. The van der Waals surface area contributed by atoms with E-state index >= 15 is 0 Å². The van der Waals surface area contributed by atoms with Crippen LogP contribution in [0.2, 0.25) is 0 Å². The third kappa shape index (κ3) is 5.06. The zero-order chi connectivity index (χ0) is 20.2. The van der Waals surface area contributed by atoms with Crippen LogP contribution in [0.25, 0.3) is 0 Å². The molecule has 1 unspecified atom stereocenters. The topological polar surface area (TPSA) is 110 Å². The highest BCUT2D eigenvalue weighted by Gasteiger charge is 2.42. The van der Waals surface area contributed by atoms with E-state index in [2.05, 4.69) is 19.2 Å². The average Bonchev–Trinajstić information content (AvgIpc) is 2.79. The van der Waals surface area contributed by atoms with Crippen LogP contribution >= 0.6 is 0 Å². The molecule has 9 heteroatoms. The Bertz CT molecular complexity index is 834. The molecule has 27 heavy (non-hydrogen) atoms. The van der Waals surface area contributed by atoms with Gasteiger partial charge in [0, 0.05) is 6.04 Å². The molecule has 0 spiro atoms. The van der Waals surface area contributed by atoms with Gasteiger partial charge in [0.2, 0.25) is 0 Å². The van der Waals surface area contributed by atoms with Crippen LogP contribution in [0, 0.1) is 5.92 Å². The Morgan fingerprint density at radius 2 is 1.81 bits per heavy atom. The molecule has 0 saturated heterocycles. The van der Waals surface area contributed by atoms with Crippen LogP contribution in [0.3, 0.4) is 0 Å². The van der Waals surface area contributed by atoms with Crippen molar-refractivity contribution in [2.24, 2.45) is 5.92 Å². The number of fused-ring (bicyclic) bond motifs is 1. The molecule has 8 nitrogen and oxygen atoms in total. The molecule has 0 aliphatic carbocycles. The number of carbonyl (C=O) groups is 3. The van der Waals surface area contributed by atoms with Crippen LogP contribution in [0.5, 0.6) is 0 Å². The lowest BCUT2D eigenvalue weighted by molar-refractivity contribution is -0.148. The molecule has 1 aliphatic rings. The smallest absolute Gasteiger partial charge is 0.327 e. The Morgan fingerprint density at radius 3 is 2.44 bits per heavy atom. The number of ether oxygens (including phenoxy) is 1. The number of esters is 1. The minimum Gasteiger partial charge on any atom is -0.454 e. The van der Waals surface area contributed by atoms with Gasteiger partial charge in [-0.1, -0.05) is 26.0 Å². The maximum Gasteiger partial charge on any atom is 0.327 e. The summed E-state index contributed by atoms with van der Waals surface area (Å²) in [6.07, 6.45) is 1.76. The summed E-state index contributed by atoms with van der Waals surface area (Å²) in [6.45, 7) is 4.73. The van der Waals surface area contributed by atoms with Crippen molar-refractivity contribution in [2.75, 3.05) is 13.2 Å². The van der Waals surface area contributed by atoms with E-state index in [1.54, 1.807) is 6.07 Å². The second kappa shape index (κ2) is 8.51. The minimum absolute atomic E-state index is 0.0158. The van der Waals surface area contributed by atoms with E-state index in [0.29, 0.717) is 10.2 Å². The van der Waals surface area contributed by atoms with Gasteiger partial charge in [0.25, 0.3) is 21.8 Å². The lowest BCUT2D eigenvalue weighted by atomic mass is 10.0. The van der Waals surface area contributed by atoms with Gasteiger partial charge in [0.05, 0.1) is 5.56 Å². The molecule has 1 aliphatic heterocycles. The highest BCUT2D eigenvalue weighted by molar-refractivity contribution is 7.90. The lowest BCUT2D eigenvalue weighted by Crippen LogP contribution is -2.39. The Morgan fingerprint density at radius 1 is 1.15 bits per heavy atom. The normalized spacial score (nSPS) is 16.1. The van der Waals surface area contributed by atoms with Crippen molar-refractivity contribution in [3.63, 3.8) is 0 Å². The van der Waals surface area contributed by atoms with E-state index in [1.807, 2.05) is 6.92 Å². The van der Waals surface area contributed by atoms with Gasteiger partial charge in [-0.05, 0) is 37.8 Å². The quantitative estimate of drug-likeness (QED) is 0.664. The van der Waals surface area contributed by atoms with Crippen LogP contribution in [0.4, 0.5) is 0 Å². The number of hydrogen-bond donors (Lipinski definition) is 1. The van der Waals surface area contributed by atoms with Crippen molar-refractivity contribution in [3.05, 3.63) is 29.8 Å². The Kier molecular flexibility index (Phi) is 6.59. The number of amides is 2. The molecular formula is C18H24N2O6S. The van der Waals surface area contributed by atoms with Gasteiger partial charge in [0.1, 0.15) is 11.4 Å². The molecule has 1 atom stereocenters. The van der Waals surface area contributed by atoms with Crippen LogP contribution in [0.15, 0.2) is 29.2 Å². The van der Waals surface area contributed by atoms with Gasteiger partial charge in [-0.3, -0.25) is 14.4 Å². The van der Waals surface area contributed by atoms with E-state index in [9.17, 15) is 22.8 Å². The third-order valence-electron chi connectivity index (χ3n) is 4.13. The summed E-state index contributed by atoms with van der Waals surface area (Å²) in [7, 11) is -4.08. The van der Waals surface area contributed by atoms with Crippen LogP contribution in [-0.2, 0) is 24.3 Å². The number of carbonyl (C=O) groups excluding carboxylic acids is 3. The van der Waals surface area contributed by atoms with Gasteiger partial charge in [-0.15, -0.1) is 0 Å². The third-order valence-corrected chi connectivity index (χ3v) is 5.92. The van der Waals surface area contributed by atoms with E-state index in [1.165, 1.54) is 18.2 Å². The van der Waals surface area contributed by atoms with Crippen molar-refractivity contribution in [2.45, 2.75) is 44.6 Å². The van der Waals surface area contributed by atoms with E-state index in [-0.39, 0.29) is 16.5 Å². The van der Waals surface area contributed by atoms with E-state index in [4.69, 9.17) is 4.74 Å². The van der Waals surface area contributed by atoms with Crippen molar-refractivity contribution in [1.29, 1.82) is 0 Å². The molecule has 0 bridgehead atoms. The number of nitrogens with one attached hydrogen (secondary N) is 1. The summed E-state index contributed by atoms with van der Waals surface area (Å²) in [5.74, 6) is -1.70. The second-order valence-electron chi connectivity index (χ2n) is 6.91. The summed E-state index contributed by atoms with van der Waals surface area (Å²) in [5, 5.41) is 2.71. The fourth-order valence-electron chi connectivity index (χ4n) is 2.67. The lowest BCUT2D eigenvalue weighted by Gasteiger charge is -2.16. The first-order valence-corrected chi connectivity index (χ1v) is 10.2. The van der Waals surface area contributed by atoms with Crippen LogP contribution in [0.1, 0.15) is 44.0 Å². The maximum atomic E-state index is 12.4. The first-order chi connectivity index (χ1) is 12.6. The predicted molar refractivity (Wildman–Crippen MR) is 97.3 cm³/mol. The molecule has 0 aromatic heterocycles. The summed E-state index contributed by atoms with van der Waals surface area (Å²) in [4.78, 5) is 35.8.